The molecule has 0 amide bonds. The molecular weight excluding hydrogens is 256 g/mol. The predicted molar refractivity (Wildman–Crippen MR) is 91.0 cm³/mol. The first-order valence-electron chi connectivity index (χ1n) is 8.64. The summed E-state index contributed by atoms with van der Waals surface area (Å²) in [7, 11) is 0. The Morgan fingerprint density at radius 3 is 2.48 bits per heavy atom. The van der Waals surface area contributed by atoms with E-state index in [1.165, 1.54) is 60.8 Å². The molecule has 1 heterocycles. The molecule has 0 radical (unpaired) electrons. The van der Waals surface area contributed by atoms with E-state index in [9.17, 15) is 0 Å². The Kier molecular flexibility index (Phi) is 5.90. The zero-order valence-corrected chi connectivity index (χ0v) is 14.2. The molecule has 0 unspecified atom stereocenters. The van der Waals surface area contributed by atoms with Gasteiger partial charge in [0.2, 0.25) is 0 Å². The Hall–Kier alpha value is -1.24. The van der Waals surface area contributed by atoms with Gasteiger partial charge in [-0.3, -0.25) is 0 Å². The Morgan fingerprint density at radius 2 is 1.76 bits per heavy atom. The summed E-state index contributed by atoms with van der Waals surface area (Å²) >= 11 is 0. The fourth-order valence-electron chi connectivity index (χ4n) is 3.20. The van der Waals surface area contributed by atoms with Gasteiger partial charge in [-0.1, -0.05) is 51.7 Å². The average Bonchev–Trinajstić information content (AvgIpc) is 2.48. The van der Waals surface area contributed by atoms with Gasteiger partial charge in [0.05, 0.1) is 0 Å². The van der Waals surface area contributed by atoms with Crippen molar-refractivity contribution in [3.63, 3.8) is 0 Å². The van der Waals surface area contributed by atoms with Crippen LogP contribution in [0.2, 0.25) is 0 Å². The molecule has 2 rings (SSSR count). The summed E-state index contributed by atoms with van der Waals surface area (Å²) in [6, 6.07) is 4.60. The molecule has 0 N–H and O–H groups in total. The lowest BCUT2D eigenvalue weighted by atomic mass is 9.92. The number of aryl methyl sites for hydroxylation is 2. The summed E-state index contributed by atoms with van der Waals surface area (Å²) in [6.07, 6.45) is 10.1. The normalized spacial score (nSPS) is 14.1. The third kappa shape index (κ3) is 4.12. The molecule has 0 saturated heterocycles. The molecule has 0 atom stereocenters. The maximum Gasteiger partial charge on any atom is 0.133 e. The number of ether oxygens (including phenoxy) is 1. The topological polar surface area (TPSA) is 9.23 Å². The van der Waals surface area contributed by atoms with Crippen LogP contribution in [0.5, 0.6) is 5.75 Å². The zero-order valence-electron chi connectivity index (χ0n) is 14.2. The second-order valence-electron chi connectivity index (χ2n) is 6.36. The lowest BCUT2D eigenvalue weighted by Crippen LogP contribution is -2.10. The van der Waals surface area contributed by atoms with Crippen LogP contribution in [0.3, 0.4) is 0 Å². The van der Waals surface area contributed by atoms with Crippen LogP contribution >= 0.6 is 0 Å². The molecule has 1 aliphatic heterocycles. The molecule has 0 aromatic heterocycles. The molecule has 0 aliphatic carbocycles. The van der Waals surface area contributed by atoms with Crippen LogP contribution < -0.4 is 4.74 Å². The van der Waals surface area contributed by atoms with Crippen LogP contribution in [0.1, 0.15) is 76.0 Å². The lowest BCUT2D eigenvalue weighted by molar-refractivity contribution is 0.395. The van der Waals surface area contributed by atoms with Gasteiger partial charge in [-0.15, -0.1) is 0 Å². The summed E-state index contributed by atoms with van der Waals surface area (Å²) in [5.41, 5.74) is 5.61. The van der Waals surface area contributed by atoms with Crippen molar-refractivity contribution in [2.75, 3.05) is 0 Å². The van der Waals surface area contributed by atoms with E-state index in [0.717, 1.165) is 24.4 Å². The maximum atomic E-state index is 6.13. The molecule has 0 fully saturated rings. The first-order valence-corrected chi connectivity index (χ1v) is 8.64. The Labute approximate surface area is 130 Å². The summed E-state index contributed by atoms with van der Waals surface area (Å²) in [5, 5.41) is 0. The number of allylic oxidation sites excluding steroid dienone is 2. The minimum Gasteiger partial charge on any atom is -0.461 e. The van der Waals surface area contributed by atoms with Crippen molar-refractivity contribution in [1.29, 1.82) is 0 Å². The van der Waals surface area contributed by atoms with Gasteiger partial charge >= 0.3 is 0 Å². The third-order valence-corrected chi connectivity index (χ3v) is 4.56. The highest BCUT2D eigenvalue weighted by molar-refractivity contribution is 5.49. The minimum absolute atomic E-state index is 1.09. The van der Waals surface area contributed by atoms with Crippen LogP contribution in [0.15, 0.2) is 23.5 Å². The standard InChI is InChI=1S/C20H30O/c1-5-7-8-9-10-11-18-14-19-13-17(6-2)12-15(3)20(19)21-16(18)4/h12-13H,5-11,14H2,1-4H3. The molecule has 0 bridgehead atoms. The lowest BCUT2D eigenvalue weighted by Gasteiger charge is -2.24. The number of fused-ring (bicyclic) bond motifs is 1. The van der Waals surface area contributed by atoms with E-state index in [4.69, 9.17) is 4.74 Å². The summed E-state index contributed by atoms with van der Waals surface area (Å²) in [5.74, 6) is 2.25. The molecule has 1 heteroatoms. The fraction of sp³-hybridized carbons (Fsp3) is 0.600. The Balaban J connectivity index is 2.01. The molecule has 1 aromatic rings. The van der Waals surface area contributed by atoms with Gasteiger partial charge in [0.1, 0.15) is 11.5 Å². The van der Waals surface area contributed by atoms with Crippen molar-refractivity contribution >= 4 is 0 Å². The van der Waals surface area contributed by atoms with Crippen LogP contribution in [-0.2, 0) is 12.8 Å². The van der Waals surface area contributed by atoms with E-state index in [1.54, 1.807) is 0 Å². The number of rotatable bonds is 7. The molecule has 116 valence electrons. The van der Waals surface area contributed by atoms with E-state index in [0.29, 0.717) is 0 Å². The van der Waals surface area contributed by atoms with Crippen molar-refractivity contribution in [2.24, 2.45) is 0 Å². The highest BCUT2D eigenvalue weighted by Crippen LogP contribution is 2.35. The molecule has 21 heavy (non-hydrogen) atoms. The van der Waals surface area contributed by atoms with Gasteiger partial charge < -0.3 is 4.74 Å². The SMILES string of the molecule is CCCCCCCC1=C(C)Oc2c(C)cc(CC)cc2C1. The number of benzene rings is 1. The van der Waals surface area contributed by atoms with Crippen molar-refractivity contribution in [3.05, 3.63) is 40.2 Å². The minimum atomic E-state index is 1.09. The van der Waals surface area contributed by atoms with E-state index >= 15 is 0 Å². The summed E-state index contributed by atoms with van der Waals surface area (Å²) < 4.78 is 6.13. The summed E-state index contributed by atoms with van der Waals surface area (Å²) in [4.78, 5) is 0. The van der Waals surface area contributed by atoms with Gasteiger partial charge in [0.15, 0.2) is 0 Å². The molecule has 0 spiro atoms. The average molecular weight is 286 g/mol. The number of hydrogen-bond donors (Lipinski definition) is 0. The van der Waals surface area contributed by atoms with Gasteiger partial charge in [0, 0.05) is 6.42 Å². The van der Waals surface area contributed by atoms with Gasteiger partial charge in [0.25, 0.3) is 0 Å². The van der Waals surface area contributed by atoms with Crippen molar-refractivity contribution in [1.82, 2.24) is 0 Å². The van der Waals surface area contributed by atoms with E-state index in [2.05, 4.69) is 39.8 Å². The maximum absolute atomic E-state index is 6.13. The quantitative estimate of drug-likeness (QED) is 0.548. The van der Waals surface area contributed by atoms with Crippen LogP contribution in [0.4, 0.5) is 0 Å². The van der Waals surface area contributed by atoms with Crippen molar-refractivity contribution < 1.29 is 4.74 Å². The van der Waals surface area contributed by atoms with Crippen LogP contribution in [0.25, 0.3) is 0 Å². The zero-order chi connectivity index (χ0) is 15.2. The van der Waals surface area contributed by atoms with Crippen molar-refractivity contribution in [3.8, 4) is 5.75 Å². The van der Waals surface area contributed by atoms with E-state index in [-0.39, 0.29) is 0 Å². The van der Waals surface area contributed by atoms with E-state index < -0.39 is 0 Å². The molecular formula is C20H30O. The first kappa shape index (κ1) is 16.1. The molecule has 1 nitrogen and oxygen atoms in total. The smallest absolute Gasteiger partial charge is 0.133 e. The Morgan fingerprint density at radius 1 is 1.00 bits per heavy atom. The van der Waals surface area contributed by atoms with Crippen LogP contribution in [0, 0.1) is 6.92 Å². The molecule has 0 saturated carbocycles. The Bertz CT molecular complexity index is 511. The number of unbranched alkanes of at least 4 members (excludes halogenated alkanes) is 4. The monoisotopic (exact) mass is 286 g/mol. The molecule has 1 aromatic carbocycles. The second-order valence-corrected chi connectivity index (χ2v) is 6.36. The van der Waals surface area contributed by atoms with Crippen molar-refractivity contribution in [2.45, 2.75) is 79.1 Å². The first-order chi connectivity index (χ1) is 10.2. The molecule has 1 aliphatic rings. The second kappa shape index (κ2) is 7.68. The number of hydrogen-bond acceptors (Lipinski definition) is 1. The van der Waals surface area contributed by atoms with E-state index in [1.807, 2.05) is 0 Å². The summed E-state index contributed by atoms with van der Waals surface area (Å²) in [6.45, 7) is 8.80. The fourth-order valence-corrected chi connectivity index (χ4v) is 3.20. The van der Waals surface area contributed by atoms with Gasteiger partial charge in [-0.2, -0.15) is 0 Å². The largest absolute Gasteiger partial charge is 0.461 e. The van der Waals surface area contributed by atoms with Gasteiger partial charge in [-0.05, 0) is 55.4 Å². The predicted octanol–water partition coefficient (Wildman–Crippen LogP) is 6.13. The highest BCUT2D eigenvalue weighted by Gasteiger charge is 2.19. The third-order valence-electron chi connectivity index (χ3n) is 4.56. The van der Waals surface area contributed by atoms with Gasteiger partial charge in [-0.25, -0.2) is 0 Å². The highest BCUT2D eigenvalue weighted by atomic mass is 16.5. The van der Waals surface area contributed by atoms with Crippen LogP contribution in [-0.4, -0.2) is 0 Å².